The molecule has 8 nitrogen and oxygen atoms in total. The molecule has 4 rings (SSSR count). The highest BCUT2D eigenvalue weighted by Crippen LogP contribution is 2.27. The zero-order valence-corrected chi connectivity index (χ0v) is 14.0. The number of hydrogen-bond acceptors (Lipinski definition) is 5. The van der Waals surface area contributed by atoms with Gasteiger partial charge in [0.1, 0.15) is 5.65 Å². The van der Waals surface area contributed by atoms with E-state index in [0.29, 0.717) is 23.1 Å². The molecule has 3 aromatic rings. The summed E-state index contributed by atoms with van der Waals surface area (Å²) in [5, 5.41) is 1.27. The molecule has 0 aliphatic carbocycles. The predicted octanol–water partition coefficient (Wildman–Crippen LogP) is 0.552. The van der Waals surface area contributed by atoms with Crippen molar-refractivity contribution in [1.82, 2.24) is 24.4 Å². The van der Waals surface area contributed by atoms with Gasteiger partial charge < -0.3 is 15.6 Å². The first kappa shape index (κ1) is 16.0. The summed E-state index contributed by atoms with van der Waals surface area (Å²) in [5.41, 5.74) is 6.23. The summed E-state index contributed by atoms with van der Waals surface area (Å²) in [7, 11) is 0. The third-order valence-corrected chi connectivity index (χ3v) is 5.08. The van der Waals surface area contributed by atoms with Gasteiger partial charge in [0.15, 0.2) is 0 Å². The second kappa shape index (κ2) is 6.45. The number of aromatic nitrogens is 4. The fourth-order valence-electron chi connectivity index (χ4n) is 3.81. The molecule has 4 N–H and O–H groups in total. The largest absolute Gasteiger partial charge is 0.346 e. The highest BCUT2D eigenvalue weighted by molar-refractivity contribution is 6.01. The van der Waals surface area contributed by atoms with Crippen LogP contribution in [-0.4, -0.2) is 50.6 Å². The van der Waals surface area contributed by atoms with Crippen LogP contribution in [0.2, 0.25) is 0 Å². The second-order valence-corrected chi connectivity index (χ2v) is 6.60. The first-order valence-electron chi connectivity index (χ1n) is 8.72. The second-order valence-electron chi connectivity index (χ2n) is 6.60. The lowest BCUT2D eigenvalue weighted by Crippen LogP contribution is -2.40. The van der Waals surface area contributed by atoms with Crippen LogP contribution in [0, 0.1) is 0 Å². The molecule has 25 heavy (non-hydrogen) atoms. The smallest absolute Gasteiger partial charge is 0.329 e. The molecule has 132 valence electrons. The number of piperidine rings is 1. The molecule has 0 bridgehead atoms. The Morgan fingerprint density at radius 3 is 2.80 bits per heavy atom. The van der Waals surface area contributed by atoms with Crippen molar-refractivity contribution < 1.29 is 0 Å². The minimum Gasteiger partial charge on any atom is -0.346 e. The van der Waals surface area contributed by atoms with E-state index < -0.39 is 0 Å². The van der Waals surface area contributed by atoms with E-state index in [1.807, 2.05) is 6.07 Å². The van der Waals surface area contributed by atoms with Crippen LogP contribution >= 0.6 is 0 Å². The maximum Gasteiger partial charge on any atom is 0.329 e. The van der Waals surface area contributed by atoms with Gasteiger partial charge in [-0.2, -0.15) is 0 Å². The summed E-state index contributed by atoms with van der Waals surface area (Å²) < 4.78 is 1.76. The van der Waals surface area contributed by atoms with Crippen LogP contribution in [0.5, 0.6) is 0 Å². The quantitative estimate of drug-likeness (QED) is 0.641. The number of nitrogens with zero attached hydrogens (tertiary/aromatic N) is 3. The Labute approximate surface area is 143 Å². The predicted molar refractivity (Wildman–Crippen MR) is 96.9 cm³/mol. The number of pyridine rings is 1. The summed E-state index contributed by atoms with van der Waals surface area (Å²) in [6.45, 7) is 3.55. The first-order chi connectivity index (χ1) is 12.2. The third kappa shape index (κ3) is 2.77. The zero-order valence-electron chi connectivity index (χ0n) is 14.0. The molecule has 3 aromatic heterocycles. The van der Waals surface area contributed by atoms with E-state index in [-0.39, 0.29) is 17.3 Å². The summed E-state index contributed by atoms with van der Waals surface area (Å²) >= 11 is 0. The summed E-state index contributed by atoms with van der Waals surface area (Å²) in [6, 6.07) is 1.94. The van der Waals surface area contributed by atoms with Gasteiger partial charge in [0.2, 0.25) is 0 Å². The summed E-state index contributed by atoms with van der Waals surface area (Å²) in [5.74, 6) is 0. The lowest BCUT2D eigenvalue weighted by atomic mass is 10.0. The van der Waals surface area contributed by atoms with Crippen LogP contribution in [0.1, 0.15) is 25.3 Å². The van der Waals surface area contributed by atoms with Gasteiger partial charge in [-0.1, -0.05) is 0 Å². The lowest BCUT2D eigenvalue weighted by Gasteiger charge is -2.33. The number of likely N-dealkylation sites (tertiary alicyclic amines) is 1. The van der Waals surface area contributed by atoms with Gasteiger partial charge in [0, 0.05) is 36.9 Å². The molecule has 0 unspecified atom stereocenters. The number of nitrogens with one attached hydrogen (secondary N) is 2. The first-order valence-corrected chi connectivity index (χ1v) is 8.72. The van der Waals surface area contributed by atoms with E-state index >= 15 is 0 Å². The maximum absolute atomic E-state index is 12.6. The average Bonchev–Trinajstić information content (AvgIpc) is 3.10. The van der Waals surface area contributed by atoms with Crippen molar-refractivity contribution in [3.05, 3.63) is 39.3 Å². The molecule has 1 saturated heterocycles. The minimum absolute atomic E-state index is 0.0708. The van der Waals surface area contributed by atoms with E-state index in [4.69, 9.17) is 5.73 Å². The van der Waals surface area contributed by atoms with Crippen LogP contribution in [-0.2, 0) is 0 Å². The van der Waals surface area contributed by atoms with Crippen molar-refractivity contribution in [2.45, 2.75) is 25.3 Å². The lowest BCUT2D eigenvalue weighted by molar-refractivity contribution is 0.185. The molecule has 0 saturated carbocycles. The van der Waals surface area contributed by atoms with E-state index in [2.05, 4.69) is 19.9 Å². The molecule has 0 radical (unpaired) electrons. The number of rotatable bonds is 4. The van der Waals surface area contributed by atoms with Crippen LogP contribution in [0.3, 0.4) is 0 Å². The Hall–Kier alpha value is -2.45. The van der Waals surface area contributed by atoms with Crippen molar-refractivity contribution in [3.63, 3.8) is 0 Å². The van der Waals surface area contributed by atoms with Gasteiger partial charge in [0.25, 0.3) is 5.56 Å². The number of H-pyrrole nitrogens is 2. The Morgan fingerprint density at radius 2 is 2.04 bits per heavy atom. The van der Waals surface area contributed by atoms with Crippen molar-refractivity contribution in [2.75, 3.05) is 26.2 Å². The summed E-state index contributed by atoms with van der Waals surface area (Å²) in [4.78, 5) is 37.0. The monoisotopic (exact) mass is 342 g/mol. The fraction of sp³-hybridized carbons (Fsp3) is 0.471. The van der Waals surface area contributed by atoms with E-state index in [1.165, 1.54) is 0 Å². The van der Waals surface area contributed by atoms with Crippen LogP contribution in [0.4, 0.5) is 0 Å². The minimum atomic E-state index is -0.382. The van der Waals surface area contributed by atoms with Crippen LogP contribution in [0.15, 0.2) is 28.0 Å². The Kier molecular flexibility index (Phi) is 4.14. The Bertz CT molecular complexity index is 1010. The molecule has 4 heterocycles. The van der Waals surface area contributed by atoms with Gasteiger partial charge >= 0.3 is 5.69 Å². The molecule has 8 heteroatoms. The van der Waals surface area contributed by atoms with Gasteiger partial charge in [0.05, 0.1) is 10.9 Å². The van der Waals surface area contributed by atoms with Crippen molar-refractivity contribution >= 4 is 21.9 Å². The maximum atomic E-state index is 12.6. The van der Waals surface area contributed by atoms with Crippen molar-refractivity contribution in [2.24, 2.45) is 5.73 Å². The summed E-state index contributed by atoms with van der Waals surface area (Å²) in [6.07, 6.45) is 6.06. The zero-order chi connectivity index (χ0) is 17.4. The average molecular weight is 342 g/mol. The molecular formula is C17H22N6O2. The number of fused-ring (bicyclic) bond motifs is 3. The van der Waals surface area contributed by atoms with Crippen molar-refractivity contribution in [3.8, 4) is 0 Å². The van der Waals surface area contributed by atoms with E-state index in [9.17, 15) is 9.59 Å². The molecule has 1 aliphatic rings. The highest BCUT2D eigenvalue weighted by atomic mass is 16.2. The molecule has 0 spiro atoms. The third-order valence-electron chi connectivity index (χ3n) is 5.08. The molecule has 1 fully saturated rings. The fourth-order valence-corrected chi connectivity index (χ4v) is 3.81. The Balaban J connectivity index is 1.78. The molecule has 0 amide bonds. The van der Waals surface area contributed by atoms with Gasteiger partial charge in [-0.05, 0) is 38.4 Å². The molecule has 0 aromatic carbocycles. The van der Waals surface area contributed by atoms with Gasteiger partial charge in [-0.25, -0.2) is 9.78 Å². The topological polar surface area (TPSA) is 113 Å². The number of hydrogen-bond donors (Lipinski definition) is 3. The highest BCUT2D eigenvalue weighted by Gasteiger charge is 2.24. The number of aromatic amines is 2. The Morgan fingerprint density at radius 1 is 1.24 bits per heavy atom. The van der Waals surface area contributed by atoms with E-state index in [0.717, 1.165) is 44.3 Å². The van der Waals surface area contributed by atoms with Crippen molar-refractivity contribution in [1.29, 1.82) is 0 Å². The SMILES string of the molecule is NCCCN1CCC(n2c(=O)[nH]c(=O)c3cnc4[nH]ccc4c32)CC1. The molecule has 1 aliphatic heterocycles. The van der Waals surface area contributed by atoms with Gasteiger partial charge in [-0.3, -0.25) is 14.3 Å². The van der Waals surface area contributed by atoms with Crippen LogP contribution in [0.25, 0.3) is 21.9 Å². The van der Waals surface area contributed by atoms with E-state index in [1.54, 1.807) is 17.0 Å². The number of nitrogens with two attached hydrogens (primary N) is 1. The standard InChI is InChI=1S/C17H22N6O2/c18-5-1-7-22-8-3-11(4-9-22)23-14-12-2-6-19-15(12)20-10-13(14)16(24)21-17(23)25/h2,6,10-11H,1,3-5,7-9,18H2,(H,19,20)(H,21,24,25). The normalized spacial score (nSPS) is 16.8. The molecular weight excluding hydrogens is 320 g/mol. The van der Waals surface area contributed by atoms with Gasteiger partial charge in [-0.15, -0.1) is 0 Å². The molecule has 0 atom stereocenters. The van der Waals surface area contributed by atoms with Crippen LogP contribution < -0.4 is 17.0 Å².